The Bertz CT molecular complexity index is 4730. The topological polar surface area (TPSA) is 383 Å². The van der Waals surface area contributed by atoms with Crippen molar-refractivity contribution in [1.29, 1.82) is 0 Å². The fourth-order valence-corrected chi connectivity index (χ4v) is 14.0. The van der Waals surface area contributed by atoms with Crippen molar-refractivity contribution in [2.24, 2.45) is 10.8 Å². The first kappa shape index (κ1) is 80.4. The predicted octanol–water partition coefficient (Wildman–Crippen LogP) is 4.38. The number of aromatic nitrogens is 6. The number of carbonyl (C=O) groups is 10. The number of aliphatic carboxylic acids is 1. The first-order valence-corrected chi connectivity index (χ1v) is 37.2. The maximum atomic E-state index is 15.4. The summed E-state index contributed by atoms with van der Waals surface area (Å²) < 4.78 is 20.7. The van der Waals surface area contributed by atoms with Crippen LogP contribution in [0.15, 0.2) is 146 Å². The summed E-state index contributed by atoms with van der Waals surface area (Å²) in [6.07, 6.45) is 2.78. The molecule has 0 radical (unpaired) electrons. The van der Waals surface area contributed by atoms with E-state index in [0.717, 1.165) is 21.5 Å². The van der Waals surface area contributed by atoms with Gasteiger partial charge in [-0.05, 0) is 107 Å². The highest BCUT2D eigenvalue weighted by atomic mass is 16.5. The monoisotopic (exact) mass is 1520 g/mol. The van der Waals surface area contributed by atoms with Crippen molar-refractivity contribution in [3.05, 3.63) is 179 Å². The van der Waals surface area contributed by atoms with Gasteiger partial charge in [0.25, 0.3) is 0 Å². The van der Waals surface area contributed by atoms with Crippen LogP contribution in [0.25, 0.3) is 21.5 Å². The fourth-order valence-electron chi connectivity index (χ4n) is 14.0. The van der Waals surface area contributed by atoms with Crippen molar-refractivity contribution in [3.63, 3.8) is 0 Å². The molecule has 2 fully saturated rings. The second-order valence-electron chi connectivity index (χ2n) is 31.0. The van der Waals surface area contributed by atoms with E-state index in [-0.39, 0.29) is 64.8 Å². The van der Waals surface area contributed by atoms with Crippen molar-refractivity contribution in [3.8, 4) is 11.5 Å². The second-order valence-corrected chi connectivity index (χ2v) is 31.0. The normalized spacial score (nSPS) is 21.5. The molecule has 30 heteroatoms. The number of likely N-dealkylation sites (N-methyl/N-ethyl adjacent to an activating group) is 2. The number of hydrogen-bond acceptors (Lipinski definition) is 19. The van der Waals surface area contributed by atoms with Crippen LogP contribution in [0.4, 0.5) is 0 Å². The molecular formula is C81H98N16O14. The van der Waals surface area contributed by atoms with Crippen LogP contribution in [-0.4, -0.2) is 199 Å². The van der Waals surface area contributed by atoms with Gasteiger partial charge in [0.15, 0.2) is 0 Å². The lowest BCUT2D eigenvalue weighted by molar-refractivity contribution is -0.146. The largest absolute Gasteiger partial charge is 0.487 e. The SMILES string of the molecule is CN[C@@H](C)C(=O)N[C@H](C(=O)N1C[C@@H]2C[C@H]1C(=O)N[C@@H](Cc1ccc3ccccc3c1)C(=O)N[C@H](C(=O)O)Cc1ccc(cc1)OCc1cn(nn1)[C@H]1C[C@@H](C(=O)N[C@@H](Cc3ccc4ccccc4c3)C(=O)N[C@H](C(=O)OC)Cc3ccc(cc3)OCc3cn2nn3)N(C(=O)[C@@H](NC(=O)[C@H](C)NC)C(C)(C)C)C1)C(C)(C)C. The van der Waals surface area contributed by atoms with Gasteiger partial charge in [0, 0.05) is 51.6 Å². The van der Waals surface area contributed by atoms with E-state index in [1.807, 2.05) is 84.9 Å². The second kappa shape index (κ2) is 34.9. The molecular weight excluding hydrogens is 1420 g/mol. The van der Waals surface area contributed by atoms with E-state index < -0.39 is 143 Å². The number of methoxy groups -OCH3 is 1. The van der Waals surface area contributed by atoms with Crippen LogP contribution in [0.5, 0.6) is 11.5 Å². The highest BCUT2D eigenvalue weighted by Crippen LogP contribution is 2.35. The number of benzene rings is 6. The van der Waals surface area contributed by atoms with Gasteiger partial charge in [0.1, 0.15) is 84.4 Å². The molecule has 9 N–H and O–H groups in total. The molecule has 6 aliphatic rings. The van der Waals surface area contributed by atoms with Crippen LogP contribution in [0.2, 0.25) is 0 Å². The smallest absolute Gasteiger partial charge is 0.328 e. The van der Waals surface area contributed by atoms with E-state index in [1.54, 1.807) is 130 Å². The maximum Gasteiger partial charge on any atom is 0.328 e. The fraction of sp³-hybridized carbons (Fsp3) is 0.432. The lowest BCUT2D eigenvalue weighted by Crippen LogP contribution is -2.61. The molecule has 8 aromatic rings. The van der Waals surface area contributed by atoms with Gasteiger partial charge < -0.3 is 71.7 Å². The Morgan fingerprint density at radius 2 is 0.919 bits per heavy atom. The molecule has 0 spiro atoms. The van der Waals surface area contributed by atoms with E-state index in [9.17, 15) is 29.1 Å². The molecule has 12 atom stereocenters. The Labute approximate surface area is 643 Å². The van der Waals surface area contributed by atoms with Gasteiger partial charge in [0.05, 0.1) is 43.7 Å². The summed E-state index contributed by atoms with van der Waals surface area (Å²) in [7, 11) is 4.43. The Kier molecular flexibility index (Phi) is 25.3. The summed E-state index contributed by atoms with van der Waals surface area (Å²) in [4.78, 5) is 148. The number of fused-ring (bicyclic) bond motifs is 2. The van der Waals surface area contributed by atoms with Gasteiger partial charge in [-0.3, -0.25) is 38.4 Å². The number of nitrogens with one attached hydrogen (secondary N) is 8. The molecule has 0 saturated carbocycles. The Morgan fingerprint density at radius 1 is 0.532 bits per heavy atom. The first-order chi connectivity index (χ1) is 52.9. The third-order valence-electron chi connectivity index (χ3n) is 20.7. The van der Waals surface area contributed by atoms with Crippen molar-refractivity contribution < 1.29 is 67.3 Å². The quantitative estimate of drug-likeness (QED) is 0.0682. The molecule has 586 valence electrons. The van der Waals surface area contributed by atoms with Crippen molar-refractivity contribution in [1.82, 2.24) is 82.3 Å². The summed E-state index contributed by atoms with van der Waals surface area (Å²) in [5, 5.41) is 55.2. The van der Waals surface area contributed by atoms with Gasteiger partial charge in [-0.2, -0.15) is 0 Å². The predicted molar refractivity (Wildman–Crippen MR) is 410 cm³/mol. The van der Waals surface area contributed by atoms with E-state index in [2.05, 4.69) is 63.2 Å². The number of rotatable bonds is 14. The summed E-state index contributed by atoms with van der Waals surface area (Å²) in [5.41, 5.74) is 1.35. The number of esters is 1. The summed E-state index contributed by atoms with van der Waals surface area (Å²) in [6, 6.07) is 26.7. The number of amides is 8. The van der Waals surface area contributed by atoms with Gasteiger partial charge in [-0.1, -0.05) is 161 Å². The number of nitrogens with zero attached hydrogens (tertiary/aromatic N) is 8. The van der Waals surface area contributed by atoms with Gasteiger partial charge >= 0.3 is 11.9 Å². The molecule has 12 bridgehead atoms. The highest BCUT2D eigenvalue weighted by Gasteiger charge is 2.49. The first-order valence-electron chi connectivity index (χ1n) is 37.2. The zero-order valence-electron chi connectivity index (χ0n) is 64.2. The number of ether oxygens (including phenoxy) is 3. The molecule has 2 aromatic heterocycles. The van der Waals surface area contributed by atoms with Crippen LogP contribution in [0.1, 0.15) is 114 Å². The Hall–Kier alpha value is -11.7. The van der Waals surface area contributed by atoms with E-state index >= 15 is 24.0 Å². The molecule has 8 heterocycles. The van der Waals surface area contributed by atoms with Gasteiger partial charge in [0.2, 0.25) is 47.3 Å². The van der Waals surface area contributed by atoms with E-state index in [4.69, 9.17) is 14.2 Å². The Balaban J connectivity index is 0.927. The minimum atomic E-state index is -1.51. The van der Waals surface area contributed by atoms with Crippen LogP contribution >= 0.6 is 0 Å². The minimum absolute atomic E-state index is 0.0206. The lowest BCUT2D eigenvalue weighted by Gasteiger charge is -2.36. The molecule has 30 nitrogen and oxygen atoms in total. The molecule has 14 rings (SSSR count). The molecule has 8 amide bonds. The summed E-state index contributed by atoms with van der Waals surface area (Å²) >= 11 is 0. The van der Waals surface area contributed by atoms with Crippen molar-refractivity contribution >= 4 is 80.7 Å². The van der Waals surface area contributed by atoms with Gasteiger partial charge in [-0.15, -0.1) is 10.2 Å². The number of hydrogen-bond donors (Lipinski definition) is 9. The van der Waals surface area contributed by atoms with Crippen LogP contribution in [0, 0.1) is 10.8 Å². The number of carboxylic acids is 1. The molecule has 6 aromatic carbocycles. The molecule has 6 aliphatic heterocycles. The third-order valence-corrected chi connectivity index (χ3v) is 20.7. The molecule has 2 saturated heterocycles. The molecule has 111 heavy (non-hydrogen) atoms. The highest BCUT2D eigenvalue weighted by molar-refractivity contribution is 5.98. The summed E-state index contributed by atoms with van der Waals surface area (Å²) in [5.74, 6) is -6.41. The maximum absolute atomic E-state index is 15.4. The summed E-state index contributed by atoms with van der Waals surface area (Å²) in [6.45, 7) is 13.7. The number of likely N-dealkylation sites (tertiary alicyclic amines) is 2. The van der Waals surface area contributed by atoms with Crippen LogP contribution < -0.4 is 52.0 Å². The average molecular weight is 1520 g/mol. The van der Waals surface area contributed by atoms with E-state index in [1.165, 1.54) is 26.3 Å². The standard InChI is InChI=1S/C81H98N16O14/c1-46(82-9)70(98)88-68(80(3,4)5)76(104)94-42-58-38-66(94)74(102)84-62(36-50-20-26-52-16-12-14-18-54(52)32-50)72(100)86-64(78(106)107)34-48-22-28-60(29-23-48)110-44-56-40-97(92-90-56)59-39-67(95(43-59)77(105)69(81(6,7)8)89-71(99)47(2)83-10)75(103)85-63(37-51-21-27-53-17-13-15-19-55(53)33-51)73(101)87-65(79(108)109-11)35-49-24-30-61(31-25-49)111-45-57-41-96(58)93-91-57/h12-33,40-41,46-47,58-59,62-69,82-83H,34-39,42-45H2,1-11H3,(H,84,102)(H,85,103)(H,86,100)(H,87,101)(H,88,98)(H,89,99)(H,106,107)/t46-,47-,58-,59-,62-,63-,64-,65-,66-,67-,68+,69+/m0/s1. The zero-order chi connectivity index (χ0) is 79.6. The van der Waals surface area contributed by atoms with Crippen LogP contribution in [0.3, 0.4) is 0 Å². The zero-order valence-corrected chi connectivity index (χ0v) is 64.2. The minimum Gasteiger partial charge on any atom is -0.487 e. The lowest BCUT2D eigenvalue weighted by atomic mass is 9.85. The Morgan fingerprint density at radius 3 is 1.30 bits per heavy atom. The van der Waals surface area contributed by atoms with Gasteiger partial charge in [-0.25, -0.2) is 19.0 Å². The number of carbonyl (C=O) groups excluding carboxylic acids is 9. The third kappa shape index (κ3) is 19.9. The van der Waals surface area contributed by atoms with Crippen molar-refractivity contribution in [2.45, 2.75) is 180 Å². The van der Waals surface area contributed by atoms with E-state index in [0.29, 0.717) is 45.1 Å². The average Bonchev–Trinajstić information content (AvgIpc) is 1.65. The molecule has 0 unspecified atom stereocenters. The van der Waals surface area contributed by atoms with Crippen molar-refractivity contribution in [2.75, 3.05) is 34.3 Å². The van der Waals surface area contributed by atoms with Crippen LogP contribution in [-0.2, 0) is 91.6 Å². The molecule has 0 aliphatic carbocycles. The number of carboxylic acid groups (broad SMARTS) is 1.